The van der Waals surface area contributed by atoms with Crippen molar-refractivity contribution in [2.45, 2.75) is 102 Å². The summed E-state index contributed by atoms with van der Waals surface area (Å²) in [5.41, 5.74) is 1.73. The maximum absolute atomic E-state index is 12.4. The van der Waals surface area contributed by atoms with Gasteiger partial charge < -0.3 is 38.5 Å². The van der Waals surface area contributed by atoms with Crippen LogP contribution in [0, 0.1) is 0 Å². The van der Waals surface area contributed by atoms with Gasteiger partial charge in [-0.25, -0.2) is 9.59 Å². The molecule has 2 aromatic carbocycles. The monoisotopic (exact) mass is 750 g/mol. The quantitative estimate of drug-likeness (QED) is 0.111. The van der Waals surface area contributed by atoms with Gasteiger partial charge in [0.05, 0.1) is 46.2 Å². The molecule has 2 heterocycles. The highest BCUT2D eigenvalue weighted by atomic mass is 35.5. The van der Waals surface area contributed by atoms with E-state index < -0.39 is 23.7 Å². The number of methoxy groups -OCH3 is 2. The molecule has 2 aromatic rings. The van der Waals surface area contributed by atoms with Crippen molar-refractivity contribution in [1.82, 2.24) is 10.2 Å². The van der Waals surface area contributed by atoms with Crippen molar-refractivity contribution in [3.63, 3.8) is 0 Å². The zero-order chi connectivity index (χ0) is 36.9. The van der Waals surface area contributed by atoms with Gasteiger partial charge in [-0.15, -0.1) is 12.4 Å². The second kappa shape index (κ2) is 24.9. The maximum Gasteiger partial charge on any atom is 0.411 e. The Hall–Kier alpha value is -3.26. The van der Waals surface area contributed by atoms with E-state index in [-0.39, 0.29) is 36.6 Å². The molecule has 0 aliphatic carbocycles. The molecule has 0 spiro atoms. The summed E-state index contributed by atoms with van der Waals surface area (Å²) in [6.07, 6.45) is 4.16. The first-order valence-electron chi connectivity index (χ1n) is 17.9. The summed E-state index contributed by atoms with van der Waals surface area (Å²) in [7, 11) is 2.73. The summed E-state index contributed by atoms with van der Waals surface area (Å²) < 4.78 is 37.9. The van der Waals surface area contributed by atoms with Gasteiger partial charge in [-0.2, -0.15) is 0 Å². The van der Waals surface area contributed by atoms with Crippen LogP contribution in [0.15, 0.2) is 60.7 Å². The number of likely N-dealkylation sites (tertiary alicyclic amines) is 1. The second-order valence-corrected chi connectivity index (χ2v) is 13.6. The van der Waals surface area contributed by atoms with Crippen molar-refractivity contribution >= 4 is 30.4 Å². The van der Waals surface area contributed by atoms with Crippen molar-refractivity contribution in [1.29, 1.82) is 0 Å². The van der Waals surface area contributed by atoms with Crippen LogP contribution < -0.4 is 5.32 Å². The molecule has 0 radical (unpaired) electrons. The van der Waals surface area contributed by atoms with Crippen molar-refractivity contribution < 1.29 is 47.5 Å². The van der Waals surface area contributed by atoms with Crippen LogP contribution >= 0.6 is 12.4 Å². The highest BCUT2D eigenvalue weighted by Gasteiger charge is 2.42. The fourth-order valence-electron chi connectivity index (χ4n) is 5.59. The molecule has 292 valence electrons. The average Bonchev–Trinajstić information content (AvgIpc) is 3.79. The molecule has 2 fully saturated rings. The molecule has 1 amide bonds. The van der Waals surface area contributed by atoms with Crippen LogP contribution in [0.3, 0.4) is 0 Å². The lowest BCUT2D eigenvalue weighted by atomic mass is 10.2. The normalized spacial score (nSPS) is 19.6. The van der Waals surface area contributed by atoms with Gasteiger partial charge >= 0.3 is 18.0 Å². The highest BCUT2D eigenvalue weighted by Crippen LogP contribution is 2.24. The zero-order valence-electron chi connectivity index (χ0n) is 31.4. The predicted octanol–water partition coefficient (Wildman–Crippen LogP) is 5.88. The van der Waals surface area contributed by atoms with Crippen molar-refractivity contribution in [2.24, 2.45) is 0 Å². The molecule has 2 saturated heterocycles. The van der Waals surface area contributed by atoms with Gasteiger partial charge in [-0.3, -0.25) is 9.69 Å². The molecule has 0 aromatic heterocycles. The van der Waals surface area contributed by atoms with Crippen molar-refractivity contribution in [3.8, 4) is 0 Å². The molecular formula is C39H59ClN2O10. The maximum atomic E-state index is 12.4. The van der Waals surface area contributed by atoms with E-state index >= 15 is 0 Å². The molecule has 2 aliphatic heterocycles. The largest absolute Gasteiger partial charge is 0.468 e. The Morgan fingerprint density at radius 2 is 1.21 bits per heavy atom. The van der Waals surface area contributed by atoms with Crippen LogP contribution in [0.4, 0.5) is 4.79 Å². The van der Waals surface area contributed by atoms with Gasteiger partial charge in [0.1, 0.15) is 17.7 Å². The van der Waals surface area contributed by atoms with Gasteiger partial charge in [-0.1, -0.05) is 60.7 Å². The Kier molecular flexibility index (Phi) is 21.5. The first-order chi connectivity index (χ1) is 24.6. The SMILES string of the molecule is COC(=O)[C@@H]1C[C@@H](OCCCCOCc2ccccc2)CN1.COC(=O)[C@@H]1C[C@@H](OCCCCOCc2ccccc2)CN1C(=O)OC(C)(C)C.Cl. The van der Waals surface area contributed by atoms with E-state index in [2.05, 4.69) is 17.4 Å². The number of carbonyl (C=O) groups is 3. The molecule has 0 unspecified atom stereocenters. The second-order valence-electron chi connectivity index (χ2n) is 13.6. The van der Waals surface area contributed by atoms with Crippen LogP contribution in [0.1, 0.15) is 70.4 Å². The van der Waals surface area contributed by atoms with Gasteiger partial charge in [0.2, 0.25) is 0 Å². The molecule has 0 saturated carbocycles. The standard InChI is InChI=1S/C22H33NO6.C17H25NO4.ClH/c1-22(2,3)29-21(25)23-15-18(14-19(23)20(24)26-4)28-13-9-8-12-27-16-17-10-6-5-7-11-17;1-20-17(19)16-11-15(12-18-16)22-10-6-5-9-21-13-14-7-3-2-4-8-14;/h5-7,10-11,18-19H,8-9,12-16H2,1-4H3;2-4,7-8,15-16,18H,5-6,9-13H2,1H3;1H/t18-,19+;15-,16+;/m11./s1. The number of hydrogen-bond acceptors (Lipinski definition) is 11. The molecule has 52 heavy (non-hydrogen) atoms. The number of esters is 2. The third-order valence-electron chi connectivity index (χ3n) is 8.24. The Balaban J connectivity index is 0.000000366. The lowest BCUT2D eigenvalue weighted by Gasteiger charge is -2.27. The number of carbonyl (C=O) groups excluding carboxylic acids is 3. The predicted molar refractivity (Wildman–Crippen MR) is 199 cm³/mol. The molecule has 13 heteroatoms. The Morgan fingerprint density at radius 3 is 1.71 bits per heavy atom. The minimum absolute atomic E-state index is 0. The van der Waals surface area contributed by atoms with Gasteiger partial charge in [0.15, 0.2) is 0 Å². The van der Waals surface area contributed by atoms with Gasteiger partial charge in [0.25, 0.3) is 0 Å². The van der Waals surface area contributed by atoms with E-state index in [0.717, 1.165) is 37.9 Å². The lowest BCUT2D eigenvalue weighted by molar-refractivity contribution is -0.146. The summed E-state index contributed by atoms with van der Waals surface area (Å²) >= 11 is 0. The average molecular weight is 751 g/mol. The number of ether oxygens (including phenoxy) is 7. The number of amides is 1. The molecular weight excluding hydrogens is 692 g/mol. The minimum Gasteiger partial charge on any atom is -0.468 e. The Morgan fingerprint density at radius 1 is 0.712 bits per heavy atom. The Bertz CT molecular complexity index is 1280. The molecule has 4 rings (SSSR count). The number of benzene rings is 2. The highest BCUT2D eigenvalue weighted by molar-refractivity contribution is 5.85. The first kappa shape index (κ1) is 44.9. The van der Waals surface area contributed by atoms with E-state index in [1.165, 1.54) is 24.7 Å². The van der Waals surface area contributed by atoms with E-state index in [1.54, 1.807) is 20.8 Å². The fourth-order valence-corrected chi connectivity index (χ4v) is 5.59. The van der Waals surface area contributed by atoms with Crippen molar-refractivity contribution in [3.05, 3.63) is 71.8 Å². The summed E-state index contributed by atoms with van der Waals surface area (Å²) in [6, 6.07) is 19.3. The fraction of sp³-hybridized carbons (Fsp3) is 0.615. The van der Waals surface area contributed by atoms with E-state index in [0.29, 0.717) is 59.0 Å². The smallest absolute Gasteiger partial charge is 0.411 e. The third kappa shape index (κ3) is 17.5. The summed E-state index contributed by atoms with van der Waals surface area (Å²) in [6.45, 7) is 10.3. The number of nitrogens with one attached hydrogen (secondary N) is 1. The summed E-state index contributed by atoms with van der Waals surface area (Å²) in [5, 5.41) is 3.11. The van der Waals surface area contributed by atoms with Crippen LogP contribution in [-0.4, -0.2) is 107 Å². The van der Waals surface area contributed by atoms with Crippen molar-refractivity contribution in [2.75, 3.05) is 53.7 Å². The minimum atomic E-state index is -0.672. The molecule has 0 bridgehead atoms. The van der Waals surface area contributed by atoms with Crippen LogP contribution in [0.25, 0.3) is 0 Å². The van der Waals surface area contributed by atoms with Gasteiger partial charge in [-0.05, 0) is 57.6 Å². The Labute approximate surface area is 315 Å². The lowest BCUT2D eigenvalue weighted by Crippen LogP contribution is -2.44. The molecule has 4 atom stereocenters. The molecule has 1 N–H and O–H groups in total. The van der Waals surface area contributed by atoms with Crippen LogP contribution in [0.2, 0.25) is 0 Å². The number of halogens is 1. The van der Waals surface area contributed by atoms with Gasteiger partial charge in [0, 0.05) is 45.8 Å². The topological polar surface area (TPSA) is 131 Å². The van der Waals surface area contributed by atoms with E-state index in [4.69, 9.17) is 33.2 Å². The third-order valence-corrected chi connectivity index (χ3v) is 8.24. The zero-order valence-corrected chi connectivity index (χ0v) is 32.2. The molecule has 12 nitrogen and oxygen atoms in total. The van der Waals surface area contributed by atoms with Crippen LogP contribution in [0.5, 0.6) is 0 Å². The molecule has 2 aliphatic rings. The van der Waals surface area contributed by atoms with Crippen LogP contribution in [-0.2, 0) is 56.0 Å². The summed E-state index contributed by atoms with van der Waals surface area (Å²) in [5.74, 6) is -0.656. The number of unbranched alkanes of at least 4 members (excludes halogenated alkanes) is 2. The number of nitrogens with zero attached hydrogens (tertiary/aromatic N) is 1. The number of hydrogen-bond donors (Lipinski definition) is 1. The summed E-state index contributed by atoms with van der Waals surface area (Å²) in [4.78, 5) is 37.3. The van der Waals surface area contributed by atoms with E-state index in [1.807, 2.05) is 48.5 Å². The first-order valence-corrected chi connectivity index (χ1v) is 17.9. The van der Waals surface area contributed by atoms with E-state index in [9.17, 15) is 14.4 Å². The number of rotatable bonds is 18.